The summed E-state index contributed by atoms with van der Waals surface area (Å²) in [7, 11) is 0. The third kappa shape index (κ3) is 4.92. The number of unbranched alkanes of at least 4 members (excludes halogenated alkanes) is 3. The van der Waals surface area contributed by atoms with Crippen molar-refractivity contribution in [1.29, 1.82) is 0 Å². The smallest absolute Gasteiger partial charge is 0.119 e. The van der Waals surface area contributed by atoms with Crippen molar-refractivity contribution >= 4 is 0 Å². The lowest BCUT2D eigenvalue weighted by atomic mass is 10.0. The maximum atomic E-state index is 5.74. The van der Waals surface area contributed by atoms with Gasteiger partial charge in [-0.1, -0.05) is 30.5 Å². The van der Waals surface area contributed by atoms with E-state index in [1.807, 2.05) is 12.1 Å². The minimum absolute atomic E-state index is 0.812. The Balaban J connectivity index is 1.55. The molecule has 3 heteroatoms. The van der Waals surface area contributed by atoms with Crippen LogP contribution >= 0.6 is 0 Å². The first kappa shape index (κ1) is 15.6. The summed E-state index contributed by atoms with van der Waals surface area (Å²) in [5, 5.41) is 7.29. The summed E-state index contributed by atoms with van der Waals surface area (Å²) in [6, 6.07) is 8.26. The Morgan fingerprint density at radius 1 is 0.952 bits per heavy atom. The van der Waals surface area contributed by atoms with Gasteiger partial charge in [-0.15, -0.1) is 0 Å². The SMILES string of the molecule is Cc1ccc(OCCCCCCc2c(C)n[nH]c2C)cc1. The normalized spacial score (nSPS) is 10.8. The molecule has 3 nitrogen and oxygen atoms in total. The summed E-state index contributed by atoms with van der Waals surface area (Å²) in [6.45, 7) is 7.08. The first-order valence-electron chi connectivity index (χ1n) is 7.86. The van der Waals surface area contributed by atoms with Crippen LogP contribution in [0.25, 0.3) is 0 Å². The maximum Gasteiger partial charge on any atom is 0.119 e. The molecule has 2 rings (SSSR count). The zero-order valence-corrected chi connectivity index (χ0v) is 13.4. The molecule has 1 aromatic carbocycles. The Kier molecular flexibility index (Phi) is 5.85. The van der Waals surface area contributed by atoms with E-state index in [-0.39, 0.29) is 0 Å². The van der Waals surface area contributed by atoms with Crippen molar-refractivity contribution in [1.82, 2.24) is 10.2 Å². The van der Waals surface area contributed by atoms with Crippen LogP contribution in [0.2, 0.25) is 0 Å². The highest BCUT2D eigenvalue weighted by molar-refractivity contribution is 5.26. The van der Waals surface area contributed by atoms with E-state index in [9.17, 15) is 0 Å². The molecule has 0 spiro atoms. The topological polar surface area (TPSA) is 37.9 Å². The van der Waals surface area contributed by atoms with Gasteiger partial charge in [0.1, 0.15) is 5.75 Å². The number of rotatable bonds is 8. The molecule has 1 heterocycles. The molecule has 0 fully saturated rings. The molecule has 0 bridgehead atoms. The highest BCUT2D eigenvalue weighted by Crippen LogP contribution is 2.15. The van der Waals surface area contributed by atoms with Gasteiger partial charge in [-0.25, -0.2) is 0 Å². The lowest BCUT2D eigenvalue weighted by Gasteiger charge is -2.06. The van der Waals surface area contributed by atoms with E-state index in [4.69, 9.17) is 4.74 Å². The Morgan fingerprint density at radius 3 is 2.33 bits per heavy atom. The first-order valence-corrected chi connectivity index (χ1v) is 7.86. The van der Waals surface area contributed by atoms with E-state index < -0.39 is 0 Å². The summed E-state index contributed by atoms with van der Waals surface area (Å²) in [5.41, 5.74) is 5.03. The summed E-state index contributed by atoms with van der Waals surface area (Å²) in [5.74, 6) is 0.977. The molecule has 0 atom stereocenters. The standard InChI is InChI=1S/C18H26N2O/c1-14-9-11-17(12-10-14)21-13-7-5-4-6-8-18-15(2)19-20-16(18)3/h9-12H,4-8,13H2,1-3H3,(H,19,20). The van der Waals surface area contributed by atoms with Crippen LogP contribution in [0.3, 0.4) is 0 Å². The average molecular weight is 286 g/mol. The van der Waals surface area contributed by atoms with E-state index >= 15 is 0 Å². The van der Waals surface area contributed by atoms with Gasteiger partial charge in [0.05, 0.1) is 12.3 Å². The number of aromatic nitrogens is 2. The Hall–Kier alpha value is -1.77. The van der Waals surface area contributed by atoms with Gasteiger partial charge in [-0.3, -0.25) is 5.10 Å². The fourth-order valence-electron chi connectivity index (χ4n) is 2.52. The number of nitrogens with one attached hydrogen (secondary N) is 1. The number of hydrogen-bond donors (Lipinski definition) is 1. The molecular formula is C18H26N2O. The molecule has 0 radical (unpaired) electrons. The zero-order chi connectivity index (χ0) is 15.1. The summed E-state index contributed by atoms with van der Waals surface area (Å²) >= 11 is 0. The van der Waals surface area contributed by atoms with Crippen LogP contribution in [-0.4, -0.2) is 16.8 Å². The maximum absolute atomic E-state index is 5.74. The predicted molar refractivity (Wildman–Crippen MR) is 86.9 cm³/mol. The van der Waals surface area contributed by atoms with Crippen LogP contribution in [0.15, 0.2) is 24.3 Å². The second-order valence-electron chi connectivity index (χ2n) is 5.74. The largest absolute Gasteiger partial charge is 0.494 e. The lowest BCUT2D eigenvalue weighted by Crippen LogP contribution is -1.97. The molecular weight excluding hydrogens is 260 g/mol. The van der Waals surface area contributed by atoms with Gasteiger partial charge < -0.3 is 4.74 Å². The molecule has 21 heavy (non-hydrogen) atoms. The van der Waals surface area contributed by atoms with Gasteiger partial charge in [0, 0.05) is 5.69 Å². The summed E-state index contributed by atoms with van der Waals surface area (Å²) < 4.78 is 5.74. The molecule has 0 aliphatic carbocycles. The van der Waals surface area contributed by atoms with Gasteiger partial charge in [-0.2, -0.15) is 5.10 Å². The Morgan fingerprint density at radius 2 is 1.67 bits per heavy atom. The molecule has 114 valence electrons. The number of hydrogen-bond acceptors (Lipinski definition) is 2. The minimum Gasteiger partial charge on any atom is -0.494 e. The summed E-state index contributed by atoms with van der Waals surface area (Å²) in [4.78, 5) is 0. The quantitative estimate of drug-likeness (QED) is 0.725. The van der Waals surface area contributed by atoms with Crippen molar-refractivity contribution in [3.63, 3.8) is 0 Å². The van der Waals surface area contributed by atoms with Crippen LogP contribution in [0, 0.1) is 20.8 Å². The van der Waals surface area contributed by atoms with Crippen LogP contribution in [0.5, 0.6) is 5.75 Å². The van der Waals surface area contributed by atoms with Crippen molar-refractivity contribution in [3.05, 3.63) is 46.8 Å². The zero-order valence-electron chi connectivity index (χ0n) is 13.4. The lowest BCUT2D eigenvalue weighted by molar-refractivity contribution is 0.304. The van der Waals surface area contributed by atoms with E-state index in [1.165, 1.54) is 36.1 Å². The molecule has 0 unspecified atom stereocenters. The van der Waals surface area contributed by atoms with Gasteiger partial charge >= 0.3 is 0 Å². The molecule has 0 saturated heterocycles. The van der Waals surface area contributed by atoms with Gasteiger partial charge in [-0.05, 0) is 57.7 Å². The molecule has 2 aromatic rings. The number of aryl methyl sites for hydroxylation is 3. The van der Waals surface area contributed by atoms with Gasteiger partial charge in [0.25, 0.3) is 0 Å². The van der Waals surface area contributed by atoms with Crippen LogP contribution in [0.1, 0.15) is 48.2 Å². The van der Waals surface area contributed by atoms with Crippen molar-refractivity contribution < 1.29 is 4.74 Å². The minimum atomic E-state index is 0.812. The first-order chi connectivity index (χ1) is 10.2. The molecule has 0 aliphatic rings. The molecule has 1 aromatic heterocycles. The highest BCUT2D eigenvalue weighted by atomic mass is 16.5. The molecule has 0 aliphatic heterocycles. The second-order valence-corrected chi connectivity index (χ2v) is 5.74. The molecule has 0 saturated carbocycles. The second kappa shape index (κ2) is 7.87. The van der Waals surface area contributed by atoms with Gasteiger partial charge in [0.15, 0.2) is 0 Å². The number of H-pyrrole nitrogens is 1. The number of aromatic amines is 1. The van der Waals surface area contributed by atoms with Crippen molar-refractivity contribution in [2.45, 2.75) is 52.9 Å². The Labute approximate surface area is 127 Å². The third-order valence-electron chi connectivity index (χ3n) is 3.89. The van der Waals surface area contributed by atoms with Crippen molar-refractivity contribution in [3.8, 4) is 5.75 Å². The third-order valence-corrected chi connectivity index (χ3v) is 3.89. The van der Waals surface area contributed by atoms with Crippen molar-refractivity contribution in [2.24, 2.45) is 0 Å². The number of benzene rings is 1. The van der Waals surface area contributed by atoms with E-state index in [2.05, 4.69) is 43.1 Å². The molecule has 1 N–H and O–H groups in total. The van der Waals surface area contributed by atoms with E-state index in [1.54, 1.807) is 0 Å². The fourth-order valence-corrected chi connectivity index (χ4v) is 2.52. The highest BCUT2D eigenvalue weighted by Gasteiger charge is 2.05. The van der Waals surface area contributed by atoms with Crippen LogP contribution in [0.4, 0.5) is 0 Å². The summed E-state index contributed by atoms with van der Waals surface area (Å²) in [6.07, 6.45) is 5.96. The van der Waals surface area contributed by atoms with Crippen molar-refractivity contribution in [2.75, 3.05) is 6.61 Å². The van der Waals surface area contributed by atoms with Crippen LogP contribution in [-0.2, 0) is 6.42 Å². The number of ether oxygens (including phenoxy) is 1. The van der Waals surface area contributed by atoms with Gasteiger partial charge in [0.2, 0.25) is 0 Å². The van der Waals surface area contributed by atoms with E-state index in [0.717, 1.165) is 30.9 Å². The number of nitrogens with zero attached hydrogens (tertiary/aromatic N) is 1. The average Bonchev–Trinajstić information content (AvgIpc) is 2.79. The van der Waals surface area contributed by atoms with Crippen LogP contribution < -0.4 is 4.74 Å². The fraction of sp³-hybridized carbons (Fsp3) is 0.500. The monoisotopic (exact) mass is 286 g/mol. The van der Waals surface area contributed by atoms with E-state index in [0.29, 0.717) is 0 Å². The predicted octanol–water partition coefficient (Wildman–Crippen LogP) is 4.52. The molecule has 0 amide bonds. The Bertz CT molecular complexity index is 523.